The monoisotopic (exact) mass is 369 g/mol. The van der Waals surface area contributed by atoms with Gasteiger partial charge in [0.2, 0.25) is 0 Å². The molecule has 0 saturated carbocycles. The molecule has 0 saturated heterocycles. The molecule has 0 fully saturated rings. The van der Waals surface area contributed by atoms with E-state index in [1.54, 1.807) is 31.4 Å². The number of para-hydroxylation sites is 1. The zero-order valence-corrected chi connectivity index (χ0v) is 14.7. The molecule has 3 rings (SSSR count). The molecule has 1 N–H and O–H groups in total. The van der Waals surface area contributed by atoms with Crippen LogP contribution in [0.2, 0.25) is 5.15 Å². The number of carbonyl (C=O) groups excluding carboxylic acids is 1. The highest BCUT2D eigenvalue weighted by Crippen LogP contribution is 2.19. The van der Waals surface area contributed by atoms with E-state index >= 15 is 0 Å². The number of amides is 1. The van der Waals surface area contributed by atoms with Crippen molar-refractivity contribution in [3.63, 3.8) is 0 Å². The first kappa shape index (κ1) is 17.7. The van der Waals surface area contributed by atoms with Gasteiger partial charge in [0.05, 0.1) is 18.8 Å². The summed E-state index contributed by atoms with van der Waals surface area (Å²) in [5.74, 6) is 0.890. The predicted octanol–water partition coefficient (Wildman–Crippen LogP) is 3.43. The van der Waals surface area contributed by atoms with Crippen LogP contribution in [0.4, 0.5) is 0 Å². The van der Waals surface area contributed by atoms with E-state index in [9.17, 15) is 4.79 Å². The standard InChI is InChI=1S/C19H16ClN3O3/c1-25-15-6-8-16(9-7-15)26-12-18(24)23-21-11-14-10-13-4-2-3-5-17(13)22-19(14)20/h2-11H,12H2,1H3,(H,23,24)/b21-11-. The van der Waals surface area contributed by atoms with E-state index in [1.807, 2.05) is 30.3 Å². The molecular formula is C19H16ClN3O3. The highest BCUT2D eigenvalue weighted by Gasteiger charge is 2.04. The molecule has 0 aliphatic heterocycles. The Kier molecular flexibility index (Phi) is 5.66. The maximum atomic E-state index is 11.8. The summed E-state index contributed by atoms with van der Waals surface area (Å²) in [7, 11) is 1.58. The largest absolute Gasteiger partial charge is 0.497 e. The van der Waals surface area contributed by atoms with Gasteiger partial charge in [0.15, 0.2) is 6.61 Å². The summed E-state index contributed by atoms with van der Waals surface area (Å²) in [5.41, 5.74) is 3.80. The summed E-state index contributed by atoms with van der Waals surface area (Å²) in [4.78, 5) is 16.1. The lowest BCUT2D eigenvalue weighted by atomic mass is 10.2. The SMILES string of the molecule is COc1ccc(OCC(=O)N/N=C\c2cc3ccccc3nc2Cl)cc1. The van der Waals surface area contributed by atoms with Gasteiger partial charge in [0.1, 0.15) is 16.7 Å². The normalized spacial score (nSPS) is 10.8. The molecule has 132 valence electrons. The second-order valence-electron chi connectivity index (χ2n) is 5.32. The Bertz CT molecular complexity index is 942. The Labute approximate surface area is 155 Å². The summed E-state index contributed by atoms with van der Waals surface area (Å²) >= 11 is 6.13. The summed E-state index contributed by atoms with van der Waals surface area (Å²) in [6.45, 7) is -0.159. The van der Waals surface area contributed by atoms with Gasteiger partial charge in [-0.15, -0.1) is 0 Å². The molecule has 0 radical (unpaired) electrons. The second-order valence-corrected chi connectivity index (χ2v) is 5.68. The van der Waals surface area contributed by atoms with Crippen LogP contribution in [0.15, 0.2) is 59.7 Å². The molecule has 0 spiro atoms. The number of ether oxygens (including phenoxy) is 2. The van der Waals surface area contributed by atoms with Crippen LogP contribution in [-0.4, -0.2) is 30.8 Å². The summed E-state index contributed by atoms with van der Waals surface area (Å²) in [6.07, 6.45) is 1.45. The number of nitrogens with zero attached hydrogens (tertiary/aromatic N) is 2. The lowest BCUT2D eigenvalue weighted by Crippen LogP contribution is -2.24. The molecule has 26 heavy (non-hydrogen) atoms. The van der Waals surface area contributed by atoms with Crippen LogP contribution in [0.3, 0.4) is 0 Å². The number of aromatic nitrogens is 1. The first-order chi connectivity index (χ1) is 12.7. The number of pyridine rings is 1. The Balaban J connectivity index is 1.56. The smallest absolute Gasteiger partial charge is 0.277 e. The van der Waals surface area contributed by atoms with Gasteiger partial charge in [0.25, 0.3) is 5.91 Å². The molecule has 1 amide bonds. The first-order valence-electron chi connectivity index (χ1n) is 7.80. The molecule has 1 heterocycles. The molecular weight excluding hydrogens is 354 g/mol. The average Bonchev–Trinajstić information content (AvgIpc) is 2.67. The van der Waals surface area contributed by atoms with E-state index in [-0.39, 0.29) is 12.5 Å². The number of hydrogen-bond acceptors (Lipinski definition) is 5. The van der Waals surface area contributed by atoms with E-state index in [1.165, 1.54) is 6.21 Å². The quantitative estimate of drug-likeness (QED) is 0.410. The number of methoxy groups -OCH3 is 1. The van der Waals surface area contributed by atoms with Crippen LogP contribution in [0.5, 0.6) is 11.5 Å². The number of nitrogens with one attached hydrogen (secondary N) is 1. The van der Waals surface area contributed by atoms with Gasteiger partial charge < -0.3 is 9.47 Å². The zero-order chi connectivity index (χ0) is 18.4. The third kappa shape index (κ3) is 4.49. The minimum Gasteiger partial charge on any atom is -0.497 e. The van der Waals surface area contributed by atoms with E-state index in [0.717, 1.165) is 10.9 Å². The van der Waals surface area contributed by atoms with Crippen molar-refractivity contribution in [3.05, 3.63) is 65.3 Å². The van der Waals surface area contributed by atoms with Gasteiger partial charge in [-0.05, 0) is 36.4 Å². The van der Waals surface area contributed by atoms with Crippen molar-refractivity contribution in [2.75, 3.05) is 13.7 Å². The van der Waals surface area contributed by atoms with Gasteiger partial charge in [-0.1, -0.05) is 29.8 Å². The van der Waals surface area contributed by atoms with Gasteiger partial charge in [-0.2, -0.15) is 5.10 Å². The highest BCUT2D eigenvalue weighted by atomic mass is 35.5. The van der Waals surface area contributed by atoms with Gasteiger partial charge in [-0.25, -0.2) is 10.4 Å². The van der Waals surface area contributed by atoms with Crippen molar-refractivity contribution in [1.82, 2.24) is 10.4 Å². The fraction of sp³-hybridized carbons (Fsp3) is 0.105. The Morgan fingerprint density at radius 2 is 1.92 bits per heavy atom. The van der Waals surface area contributed by atoms with Gasteiger partial charge in [-0.3, -0.25) is 4.79 Å². The maximum absolute atomic E-state index is 11.8. The van der Waals surface area contributed by atoms with E-state index in [4.69, 9.17) is 21.1 Å². The summed E-state index contributed by atoms with van der Waals surface area (Å²) < 4.78 is 10.4. The zero-order valence-electron chi connectivity index (χ0n) is 14.0. The number of fused-ring (bicyclic) bond motifs is 1. The molecule has 0 aliphatic carbocycles. The van der Waals surface area contributed by atoms with E-state index in [0.29, 0.717) is 22.2 Å². The highest BCUT2D eigenvalue weighted by molar-refractivity contribution is 6.32. The van der Waals surface area contributed by atoms with Crippen molar-refractivity contribution in [3.8, 4) is 11.5 Å². The molecule has 6 nitrogen and oxygen atoms in total. The molecule has 2 aromatic carbocycles. The van der Waals surface area contributed by atoms with Crippen LogP contribution in [0, 0.1) is 0 Å². The second kappa shape index (κ2) is 8.31. The topological polar surface area (TPSA) is 72.8 Å². The lowest BCUT2D eigenvalue weighted by molar-refractivity contribution is -0.123. The number of halogens is 1. The molecule has 0 unspecified atom stereocenters. The molecule has 7 heteroatoms. The lowest BCUT2D eigenvalue weighted by Gasteiger charge is -2.06. The van der Waals surface area contributed by atoms with Crippen LogP contribution >= 0.6 is 11.6 Å². The number of rotatable bonds is 6. The molecule has 0 aliphatic rings. The van der Waals surface area contributed by atoms with Crippen molar-refractivity contribution in [2.24, 2.45) is 5.10 Å². The number of benzene rings is 2. The third-order valence-corrected chi connectivity index (χ3v) is 3.83. The molecule has 0 bridgehead atoms. The van der Waals surface area contributed by atoms with Gasteiger partial charge >= 0.3 is 0 Å². The predicted molar refractivity (Wildman–Crippen MR) is 101 cm³/mol. The summed E-state index contributed by atoms with van der Waals surface area (Å²) in [5, 5.41) is 5.15. The minimum absolute atomic E-state index is 0.159. The molecule has 3 aromatic rings. The third-order valence-electron chi connectivity index (χ3n) is 3.53. The fourth-order valence-electron chi connectivity index (χ4n) is 2.23. The summed E-state index contributed by atoms with van der Waals surface area (Å²) in [6, 6.07) is 16.4. The minimum atomic E-state index is -0.387. The fourth-order valence-corrected chi connectivity index (χ4v) is 2.42. The van der Waals surface area contributed by atoms with Crippen molar-refractivity contribution < 1.29 is 14.3 Å². The Morgan fingerprint density at radius 1 is 1.19 bits per heavy atom. The van der Waals surface area contributed by atoms with E-state index in [2.05, 4.69) is 15.5 Å². The number of hydrazone groups is 1. The first-order valence-corrected chi connectivity index (χ1v) is 8.17. The van der Waals surface area contributed by atoms with E-state index < -0.39 is 0 Å². The van der Waals surface area contributed by atoms with Gasteiger partial charge in [0, 0.05) is 10.9 Å². The maximum Gasteiger partial charge on any atom is 0.277 e. The number of hydrogen-bond donors (Lipinski definition) is 1. The van der Waals surface area contributed by atoms with Crippen LogP contribution in [0.1, 0.15) is 5.56 Å². The van der Waals surface area contributed by atoms with Crippen molar-refractivity contribution >= 4 is 34.6 Å². The van der Waals surface area contributed by atoms with Crippen LogP contribution < -0.4 is 14.9 Å². The number of carbonyl (C=O) groups is 1. The average molecular weight is 370 g/mol. The molecule has 1 aromatic heterocycles. The van der Waals surface area contributed by atoms with Crippen LogP contribution in [-0.2, 0) is 4.79 Å². The van der Waals surface area contributed by atoms with Crippen molar-refractivity contribution in [1.29, 1.82) is 0 Å². The van der Waals surface area contributed by atoms with Crippen molar-refractivity contribution in [2.45, 2.75) is 0 Å². The van der Waals surface area contributed by atoms with Crippen LogP contribution in [0.25, 0.3) is 10.9 Å². The molecule has 0 atom stereocenters. The Morgan fingerprint density at radius 3 is 2.69 bits per heavy atom. The Hall–Kier alpha value is -3.12.